The molecule has 25 heavy (non-hydrogen) atoms. The Morgan fingerprint density at radius 1 is 0.880 bits per heavy atom. The van der Waals surface area contributed by atoms with Crippen LogP contribution in [0.4, 0.5) is 4.79 Å². The normalized spacial score (nSPS) is 12.9. The number of carbonyl (C=O) groups is 1. The third kappa shape index (κ3) is 5.07. The first-order valence-electron chi connectivity index (χ1n) is 8.95. The molecule has 3 rings (SSSR count). The number of benzene rings is 2. The van der Waals surface area contributed by atoms with Crippen molar-refractivity contribution in [1.29, 1.82) is 0 Å². The zero-order valence-corrected chi connectivity index (χ0v) is 15.1. The minimum Gasteiger partial charge on any atom is -0.334 e. The molecule has 0 saturated heterocycles. The summed E-state index contributed by atoms with van der Waals surface area (Å²) in [4.78, 5) is 14.1. The van der Waals surface area contributed by atoms with E-state index in [1.54, 1.807) is 0 Å². The molecule has 132 valence electrons. The molecule has 4 heteroatoms. The van der Waals surface area contributed by atoms with E-state index in [9.17, 15) is 4.79 Å². The maximum absolute atomic E-state index is 12.0. The van der Waals surface area contributed by atoms with Crippen molar-refractivity contribution in [2.24, 2.45) is 0 Å². The molecule has 0 aromatic heterocycles. The number of carbonyl (C=O) groups excluding carboxylic acids is 1. The van der Waals surface area contributed by atoms with Gasteiger partial charge in [-0.15, -0.1) is 0 Å². The number of rotatable bonds is 6. The van der Waals surface area contributed by atoms with Gasteiger partial charge in [0.25, 0.3) is 0 Å². The van der Waals surface area contributed by atoms with Gasteiger partial charge >= 0.3 is 6.03 Å². The van der Waals surface area contributed by atoms with E-state index in [-0.39, 0.29) is 6.03 Å². The minimum atomic E-state index is -0.127. The van der Waals surface area contributed by atoms with Gasteiger partial charge in [-0.1, -0.05) is 42.5 Å². The Kier molecular flexibility index (Phi) is 5.71. The van der Waals surface area contributed by atoms with E-state index in [1.165, 1.54) is 41.5 Å². The zero-order chi connectivity index (χ0) is 17.6. The lowest BCUT2D eigenvalue weighted by atomic mass is 10.1. The third-order valence-electron chi connectivity index (χ3n) is 4.59. The second-order valence-electron chi connectivity index (χ2n) is 7.05. The lowest BCUT2D eigenvalue weighted by Gasteiger charge is -2.11. The Balaban J connectivity index is 1.43. The SMILES string of the molecule is CN(C)Cc1ccc(CNC(=O)NCc2ccc3c(c2)CCC3)cc1. The second-order valence-corrected chi connectivity index (χ2v) is 7.05. The summed E-state index contributed by atoms with van der Waals surface area (Å²) < 4.78 is 0. The Labute approximate surface area is 150 Å². The highest BCUT2D eigenvalue weighted by Crippen LogP contribution is 2.22. The summed E-state index contributed by atoms with van der Waals surface area (Å²) in [7, 11) is 4.11. The van der Waals surface area contributed by atoms with Crippen molar-refractivity contribution < 1.29 is 4.79 Å². The first-order valence-corrected chi connectivity index (χ1v) is 8.95. The molecule has 0 unspecified atom stereocenters. The topological polar surface area (TPSA) is 44.4 Å². The van der Waals surface area contributed by atoms with Gasteiger partial charge in [0.2, 0.25) is 0 Å². The van der Waals surface area contributed by atoms with Crippen LogP contribution < -0.4 is 10.6 Å². The quantitative estimate of drug-likeness (QED) is 0.850. The predicted octanol–water partition coefficient (Wildman–Crippen LogP) is 3.24. The number of amides is 2. The molecule has 1 aliphatic carbocycles. The van der Waals surface area contributed by atoms with Gasteiger partial charge in [0.05, 0.1) is 0 Å². The molecule has 0 fully saturated rings. The van der Waals surface area contributed by atoms with Gasteiger partial charge in [-0.25, -0.2) is 4.79 Å². The summed E-state index contributed by atoms with van der Waals surface area (Å²) in [5, 5.41) is 5.86. The van der Waals surface area contributed by atoms with E-state index >= 15 is 0 Å². The standard InChI is InChI=1S/C21H27N3O/c1-24(2)15-17-8-6-16(7-9-17)13-22-21(25)23-14-18-10-11-19-4-3-5-20(19)12-18/h6-12H,3-5,13-15H2,1-2H3,(H2,22,23,25). The molecule has 2 N–H and O–H groups in total. The second kappa shape index (κ2) is 8.17. The summed E-state index contributed by atoms with van der Waals surface area (Å²) in [5.41, 5.74) is 6.46. The van der Waals surface area contributed by atoms with Crippen LogP contribution in [0.25, 0.3) is 0 Å². The van der Waals surface area contributed by atoms with Crippen molar-refractivity contribution in [2.75, 3.05) is 14.1 Å². The fraction of sp³-hybridized carbons (Fsp3) is 0.381. The van der Waals surface area contributed by atoms with E-state index in [0.717, 1.165) is 12.1 Å². The van der Waals surface area contributed by atoms with Gasteiger partial charge in [-0.2, -0.15) is 0 Å². The van der Waals surface area contributed by atoms with Gasteiger partial charge in [0.15, 0.2) is 0 Å². The molecule has 1 aliphatic rings. The molecule has 4 nitrogen and oxygen atoms in total. The number of hydrogen-bond donors (Lipinski definition) is 2. The smallest absolute Gasteiger partial charge is 0.315 e. The highest BCUT2D eigenvalue weighted by molar-refractivity contribution is 5.73. The van der Waals surface area contributed by atoms with Crippen LogP contribution >= 0.6 is 0 Å². The average Bonchev–Trinajstić information content (AvgIpc) is 3.06. The Morgan fingerprint density at radius 3 is 2.20 bits per heavy atom. The van der Waals surface area contributed by atoms with Gasteiger partial charge in [0, 0.05) is 19.6 Å². The summed E-state index contributed by atoms with van der Waals surface area (Å²) >= 11 is 0. The summed E-state index contributed by atoms with van der Waals surface area (Å²) in [5.74, 6) is 0. The first-order chi connectivity index (χ1) is 12.1. The van der Waals surface area contributed by atoms with Crippen LogP contribution in [0.5, 0.6) is 0 Å². The number of fused-ring (bicyclic) bond motifs is 1. The van der Waals surface area contributed by atoms with Crippen LogP contribution in [0.15, 0.2) is 42.5 Å². The number of urea groups is 1. The fourth-order valence-electron chi connectivity index (χ4n) is 3.29. The molecule has 0 spiro atoms. The highest BCUT2D eigenvalue weighted by atomic mass is 16.2. The molecule has 0 atom stereocenters. The molecule has 0 saturated carbocycles. The maximum Gasteiger partial charge on any atom is 0.315 e. The summed E-state index contributed by atoms with van der Waals surface area (Å²) in [6, 6.07) is 14.8. The first kappa shape index (κ1) is 17.5. The number of nitrogens with one attached hydrogen (secondary N) is 2. The molecule has 2 aromatic rings. The Morgan fingerprint density at radius 2 is 1.48 bits per heavy atom. The zero-order valence-electron chi connectivity index (χ0n) is 15.1. The van der Waals surface area contributed by atoms with Crippen molar-refractivity contribution in [3.8, 4) is 0 Å². The molecule has 0 radical (unpaired) electrons. The third-order valence-corrected chi connectivity index (χ3v) is 4.59. The van der Waals surface area contributed by atoms with Gasteiger partial charge in [-0.3, -0.25) is 0 Å². The predicted molar refractivity (Wildman–Crippen MR) is 101 cm³/mol. The van der Waals surface area contributed by atoms with Crippen molar-refractivity contribution in [1.82, 2.24) is 15.5 Å². The van der Waals surface area contributed by atoms with Crippen molar-refractivity contribution in [3.05, 3.63) is 70.3 Å². The minimum absolute atomic E-state index is 0.127. The van der Waals surface area contributed by atoms with Crippen LogP contribution in [-0.2, 0) is 32.5 Å². The van der Waals surface area contributed by atoms with Gasteiger partial charge < -0.3 is 15.5 Å². The molecule has 2 aromatic carbocycles. The van der Waals surface area contributed by atoms with Crippen molar-refractivity contribution >= 4 is 6.03 Å². The monoisotopic (exact) mass is 337 g/mol. The van der Waals surface area contributed by atoms with E-state index < -0.39 is 0 Å². The van der Waals surface area contributed by atoms with E-state index in [2.05, 4.69) is 72.1 Å². The Hall–Kier alpha value is -2.33. The lowest BCUT2D eigenvalue weighted by Crippen LogP contribution is -2.34. The molecule has 0 aliphatic heterocycles. The largest absolute Gasteiger partial charge is 0.334 e. The molecular formula is C21H27N3O. The molecule has 2 amide bonds. The van der Waals surface area contributed by atoms with E-state index in [0.29, 0.717) is 13.1 Å². The van der Waals surface area contributed by atoms with Crippen molar-refractivity contribution in [2.45, 2.75) is 38.9 Å². The highest BCUT2D eigenvalue weighted by Gasteiger charge is 2.11. The average molecular weight is 337 g/mol. The van der Waals surface area contributed by atoms with Crippen LogP contribution in [0.2, 0.25) is 0 Å². The van der Waals surface area contributed by atoms with Gasteiger partial charge in [0.1, 0.15) is 0 Å². The fourth-order valence-corrected chi connectivity index (χ4v) is 3.29. The Bertz CT molecular complexity index is 722. The van der Waals surface area contributed by atoms with Gasteiger partial charge in [-0.05, 0) is 61.2 Å². The number of nitrogens with zero attached hydrogens (tertiary/aromatic N) is 1. The van der Waals surface area contributed by atoms with Crippen LogP contribution in [0, 0.1) is 0 Å². The van der Waals surface area contributed by atoms with Crippen LogP contribution in [-0.4, -0.2) is 25.0 Å². The van der Waals surface area contributed by atoms with E-state index in [4.69, 9.17) is 0 Å². The molecule has 0 bridgehead atoms. The molecule has 0 heterocycles. The molecular weight excluding hydrogens is 310 g/mol. The summed E-state index contributed by atoms with van der Waals surface area (Å²) in [6.07, 6.45) is 3.61. The number of hydrogen-bond acceptors (Lipinski definition) is 2. The van der Waals surface area contributed by atoms with Crippen LogP contribution in [0.1, 0.15) is 34.2 Å². The number of aryl methyl sites for hydroxylation is 2. The van der Waals surface area contributed by atoms with Crippen LogP contribution in [0.3, 0.4) is 0 Å². The van der Waals surface area contributed by atoms with E-state index in [1.807, 2.05) is 0 Å². The maximum atomic E-state index is 12.0. The van der Waals surface area contributed by atoms with Crippen molar-refractivity contribution in [3.63, 3.8) is 0 Å². The summed E-state index contributed by atoms with van der Waals surface area (Å²) in [6.45, 7) is 2.04. The lowest BCUT2D eigenvalue weighted by molar-refractivity contribution is 0.240.